The Morgan fingerprint density at radius 1 is 0.935 bits per heavy atom. The van der Waals surface area contributed by atoms with Gasteiger partial charge in [0.1, 0.15) is 5.82 Å². The van der Waals surface area contributed by atoms with Crippen LogP contribution in [-0.2, 0) is 13.1 Å². The maximum atomic E-state index is 14.4. The van der Waals surface area contributed by atoms with E-state index >= 15 is 0 Å². The Bertz CT molecular complexity index is 776. The zero-order chi connectivity index (χ0) is 22.1. The summed E-state index contributed by atoms with van der Waals surface area (Å²) in [5.41, 5.74) is 7.42. The minimum absolute atomic E-state index is 0.234. The summed E-state index contributed by atoms with van der Waals surface area (Å²) in [5, 5.41) is 0.495. The van der Waals surface area contributed by atoms with Crippen LogP contribution in [0.4, 0.5) is 4.39 Å². The topological polar surface area (TPSA) is 35.7 Å². The van der Waals surface area contributed by atoms with E-state index in [2.05, 4.69) is 42.8 Å². The van der Waals surface area contributed by atoms with Crippen molar-refractivity contribution in [3.05, 3.63) is 68.9 Å². The van der Waals surface area contributed by atoms with Crippen molar-refractivity contribution in [1.29, 1.82) is 0 Å². The molecule has 0 saturated carbocycles. The van der Waals surface area contributed by atoms with Crippen LogP contribution in [0.1, 0.15) is 24.0 Å². The highest BCUT2D eigenvalue weighted by molar-refractivity contribution is 9.10. The van der Waals surface area contributed by atoms with Gasteiger partial charge in [0, 0.05) is 60.9 Å². The predicted octanol–water partition coefficient (Wildman–Crippen LogP) is 4.60. The summed E-state index contributed by atoms with van der Waals surface area (Å²) in [5.74, 6) is -0.234. The van der Waals surface area contributed by atoms with Crippen molar-refractivity contribution < 1.29 is 4.39 Å². The van der Waals surface area contributed by atoms with Gasteiger partial charge in [-0.15, -0.1) is 0 Å². The lowest BCUT2D eigenvalue weighted by molar-refractivity contribution is 0.125. The van der Waals surface area contributed by atoms with Gasteiger partial charge >= 0.3 is 0 Å². The molecule has 4 nitrogen and oxygen atoms in total. The van der Waals surface area contributed by atoms with Gasteiger partial charge in [0.25, 0.3) is 0 Å². The van der Waals surface area contributed by atoms with Crippen LogP contribution in [0.15, 0.2) is 46.9 Å². The van der Waals surface area contributed by atoms with Gasteiger partial charge in [0.2, 0.25) is 0 Å². The van der Waals surface area contributed by atoms with Crippen LogP contribution in [0.2, 0.25) is 5.02 Å². The van der Waals surface area contributed by atoms with Gasteiger partial charge in [0.05, 0.1) is 0 Å². The van der Waals surface area contributed by atoms with Crippen molar-refractivity contribution in [3.63, 3.8) is 0 Å². The molecule has 0 atom stereocenters. The number of rotatable bonds is 11. The largest absolute Gasteiger partial charge is 0.330 e. The molecule has 1 saturated heterocycles. The molecular weight excluding hydrogens is 479 g/mol. The number of hydrogen-bond donors (Lipinski definition) is 1. The van der Waals surface area contributed by atoms with Gasteiger partial charge in [0.15, 0.2) is 0 Å². The molecule has 0 bridgehead atoms. The van der Waals surface area contributed by atoms with Crippen LogP contribution in [0.25, 0.3) is 0 Å². The molecule has 0 aromatic heterocycles. The highest BCUT2D eigenvalue weighted by atomic mass is 79.9. The molecule has 0 radical (unpaired) electrons. The molecule has 7 heteroatoms. The Morgan fingerprint density at radius 3 is 2.19 bits per heavy atom. The quantitative estimate of drug-likeness (QED) is 0.478. The van der Waals surface area contributed by atoms with Gasteiger partial charge < -0.3 is 15.5 Å². The lowest BCUT2D eigenvalue weighted by Crippen LogP contribution is -2.47. The maximum absolute atomic E-state index is 14.4. The Balaban J connectivity index is 1.55. The first kappa shape index (κ1) is 24.6. The Labute approximate surface area is 199 Å². The molecule has 2 N–H and O–H groups in total. The molecule has 1 aliphatic rings. The van der Waals surface area contributed by atoms with Crippen LogP contribution >= 0.6 is 27.5 Å². The van der Waals surface area contributed by atoms with E-state index in [4.69, 9.17) is 17.3 Å². The molecule has 3 rings (SSSR count). The van der Waals surface area contributed by atoms with E-state index in [1.54, 1.807) is 12.1 Å². The smallest absolute Gasteiger partial charge is 0.129 e. The van der Waals surface area contributed by atoms with E-state index in [0.717, 1.165) is 76.2 Å². The molecule has 0 unspecified atom stereocenters. The van der Waals surface area contributed by atoms with E-state index in [-0.39, 0.29) is 5.82 Å². The standard InChI is InChI=1S/C24H33BrClFN4/c25-21-8-6-20(7-9-21)18-31(19-22-23(26)4-1-5-24(22)27)13-3-12-30-16-14-29(15-17-30)11-2-10-28/h1,4-9H,2-3,10-19,28H2. The zero-order valence-electron chi connectivity index (χ0n) is 18.1. The van der Waals surface area contributed by atoms with E-state index in [9.17, 15) is 4.39 Å². The van der Waals surface area contributed by atoms with Crippen LogP contribution in [0.3, 0.4) is 0 Å². The monoisotopic (exact) mass is 510 g/mol. The second kappa shape index (κ2) is 12.9. The van der Waals surface area contributed by atoms with Crippen molar-refractivity contribution in [2.75, 3.05) is 52.4 Å². The highest BCUT2D eigenvalue weighted by Crippen LogP contribution is 2.22. The third kappa shape index (κ3) is 8.12. The Kier molecular flexibility index (Phi) is 10.2. The van der Waals surface area contributed by atoms with Gasteiger partial charge in [-0.2, -0.15) is 0 Å². The SMILES string of the molecule is NCCCN1CCN(CCCN(Cc2ccc(Br)cc2)Cc2c(F)cccc2Cl)CC1. The first-order valence-electron chi connectivity index (χ1n) is 11.1. The molecule has 2 aromatic rings. The fraction of sp³-hybridized carbons (Fsp3) is 0.500. The first-order chi connectivity index (χ1) is 15.0. The van der Waals surface area contributed by atoms with Crippen LogP contribution < -0.4 is 5.73 Å². The van der Waals surface area contributed by atoms with Gasteiger partial charge in [-0.1, -0.05) is 45.7 Å². The van der Waals surface area contributed by atoms with Crippen molar-refractivity contribution in [3.8, 4) is 0 Å². The molecule has 1 aliphatic heterocycles. The molecule has 31 heavy (non-hydrogen) atoms. The normalized spacial score (nSPS) is 15.6. The third-order valence-corrected chi connectivity index (χ3v) is 6.74. The lowest BCUT2D eigenvalue weighted by Gasteiger charge is -2.35. The molecule has 170 valence electrons. The van der Waals surface area contributed by atoms with E-state index in [1.165, 1.54) is 11.6 Å². The summed E-state index contributed by atoms with van der Waals surface area (Å²) < 4.78 is 15.5. The number of hydrogen-bond acceptors (Lipinski definition) is 4. The molecule has 0 spiro atoms. The van der Waals surface area contributed by atoms with Gasteiger partial charge in [-0.05, 0) is 62.3 Å². The van der Waals surface area contributed by atoms with Crippen molar-refractivity contribution in [2.24, 2.45) is 5.73 Å². The van der Waals surface area contributed by atoms with Crippen molar-refractivity contribution in [2.45, 2.75) is 25.9 Å². The summed E-state index contributed by atoms with van der Waals surface area (Å²) in [6.07, 6.45) is 2.12. The van der Waals surface area contributed by atoms with Crippen LogP contribution in [0, 0.1) is 5.82 Å². The number of nitrogens with zero attached hydrogens (tertiary/aromatic N) is 3. The number of benzene rings is 2. The summed E-state index contributed by atoms with van der Waals surface area (Å²) in [4.78, 5) is 7.33. The van der Waals surface area contributed by atoms with Gasteiger partial charge in [-0.3, -0.25) is 4.90 Å². The molecule has 1 heterocycles. The van der Waals surface area contributed by atoms with Crippen LogP contribution in [0.5, 0.6) is 0 Å². The predicted molar refractivity (Wildman–Crippen MR) is 131 cm³/mol. The molecule has 1 fully saturated rings. The van der Waals surface area contributed by atoms with Crippen molar-refractivity contribution >= 4 is 27.5 Å². The average Bonchev–Trinajstić information content (AvgIpc) is 2.77. The molecular formula is C24H33BrClFN4. The number of nitrogens with two attached hydrogens (primary N) is 1. The van der Waals surface area contributed by atoms with E-state index < -0.39 is 0 Å². The fourth-order valence-electron chi connectivity index (χ4n) is 4.04. The third-order valence-electron chi connectivity index (χ3n) is 5.85. The van der Waals surface area contributed by atoms with E-state index in [0.29, 0.717) is 17.1 Å². The second-order valence-corrected chi connectivity index (χ2v) is 9.54. The summed E-state index contributed by atoms with van der Waals surface area (Å²) in [7, 11) is 0. The maximum Gasteiger partial charge on any atom is 0.129 e. The summed E-state index contributed by atoms with van der Waals surface area (Å²) in [6.45, 7) is 9.56. The molecule has 2 aromatic carbocycles. The number of piperazine rings is 1. The van der Waals surface area contributed by atoms with Gasteiger partial charge in [-0.25, -0.2) is 4.39 Å². The zero-order valence-corrected chi connectivity index (χ0v) is 20.4. The lowest BCUT2D eigenvalue weighted by atomic mass is 10.1. The molecule has 0 aliphatic carbocycles. The van der Waals surface area contributed by atoms with E-state index in [1.807, 2.05) is 12.1 Å². The minimum Gasteiger partial charge on any atom is -0.330 e. The highest BCUT2D eigenvalue weighted by Gasteiger charge is 2.17. The average molecular weight is 512 g/mol. The first-order valence-corrected chi connectivity index (χ1v) is 12.3. The second-order valence-electron chi connectivity index (χ2n) is 8.22. The van der Waals surface area contributed by atoms with Crippen LogP contribution in [-0.4, -0.2) is 67.1 Å². The molecule has 0 amide bonds. The Morgan fingerprint density at radius 2 is 1.58 bits per heavy atom. The summed E-state index contributed by atoms with van der Waals surface area (Å²) >= 11 is 9.80. The Hall–Kier alpha value is -1.02. The summed E-state index contributed by atoms with van der Waals surface area (Å²) in [6, 6.07) is 13.2. The van der Waals surface area contributed by atoms with Crippen molar-refractivity contribution in [1.82, 2.24) is 14.7 Å². The number of halogens is 3. The minimum atomic E-state index is -0.234. The fourth-order valence-corrected chi connectivity index (χ4v) is 4.53.